The normalized spacial score (nSPS) is 10.1. The molecule has 0 spiro atoms. The fourth-order valence-corrected chi connectivity index (χ4v) is 1.50. The molecule has 1 aromatic carbocycles. The summed E-state index contributed by atoms with van der Waals surface area (Å²) >= 11 is 4.89. The molecule has 82 valence electrons. The van der Waals surface area contributed by atoms with Crippen molar-refractivity contribution in [2.75, 3.05) is 5.32 Å². The molecule has 5 heteroatoms. The largest absolute Gasteiger partial charge is 0.389 e. The van der Waals surface area contributed by atoms with Crippen molar-refractivity contribution in [1.82, 2.24) is 9.78 Å². The first-order valence-electron chi connectivity index (χ1n) is 4.82. The molecule has 0 saturated heterocycles. The van der Waals surface area contributed by atoms with Crippen LogP contribution in [0.3, 0.4) is 0 Å². The smallest absolute Gasteiger partial charge is 0.128 e. The summed E-state index contributed by atoms with van der Waals surface area (Å²) in [5.74, 6) is 0.933. The van der Waals surface area contributed by atoms with Crippen LogP contribution in [-0.4, -0.2) is 14.8 Å². The summed E-state index contributed by atoms with van der Waals surface area (Å²) in [6.45, 7) is 0. The van der Waals surface area contributed by atoms with E-state index >= 15 is 0 Å². The van der Waals surface area contributed by atoms with Crippen LogP contribution in [-0.2, 0) is 7.05 Å². The van der Waals surface area contributed by atoms with Gasteiger partial charge in [-0.2, -0.15) is 5.10 Å². The third-order valence-corrected chi connectivity index (χ3v) is 2.50. The topological polar surface area (TPSA) is 55.9 Å². The molecule has 2 rings (SSSR count). The monoisotopic (exact) mass is 232 g/mol. The Hall–Kier alpha value is -1.88. The number of rotatable bonds is 3. The molecule has 0 aliphatic rings. The zero-order valence-electron chi connectivity index (χ0n) is 8.84. The second-order valence-electron chi connectivity index (χ2n) is 3.41. The summed E-state index contributed by atoms with van der Waals surface area (Å²) in [7, 11) is 1.88. The van der Waals surface area contributed by atoms with Gasteiger partial charge >= 0.3 is 0 Å². The molecule has 0 saturated carbocycles. The molecule has 0 atom stereocenters. The first kappa shape index (κ1) is 10.6. The SMILES string of the molecule is Cn1nccc1Nc1ccc(C(N)=S)cc1. The van der Waals surface area contributed by atoms with Gasteiger partial charge in [0.1, 0.15) is 10.8 Å². The number of nitrogens with one attached hydrogen (secondary N) is 1. The van der Waals surface area contributed by atoms with Crippen LogP contribution in [0.1, 0.15) is 5.56 Å². The van der Waals surface area contributed by atoms with Crippen molar-refractivity contribution in [3.05, 3.63) is 42.1 Å². The highest BCUT2D eigenvalue weighted by Gasteiger charge is 2.00. The molecule has 4 nitrogen and oxygen atoms in total. The average molecular weight is 232 g/mol. The van der Waals surface area contributed by atoms with E-state index < -0.39 is 0 Å². The molecule has 16 heavy (non-hydrogen) atoms. The van der Waals surface area contributed by atoms with Crippen molar-refractivity contribution in [1.29, 1.82) is 0 Å². The van der Waals surface area contributed by atoms with Gasteiger partial charge in [-0.1, -0.05) is 12.2 Å². The Balaban J connectivity index is 2.17. The van der Waals surface area contributed by atoms with E-state index in [1.807, 2.05) is 37.4 Å². The van der Waals surface area contributed by atoms with Gasteiger partial charge in [-0.05, 0) is 24.3 Å². The van der Waals surface area contributed by atoms with Gasteiger partial charge in [-0.15, -0.1) is 0 Å². The molecule has 1 heterocycles. The van der Waals surface area contributed by atoms with Crippen LogP contribution >= 0.6 is 12.2 Å². The maximum Gasteiger partial charge on any atom is 0.128 e. The Morgan fingerprint density at radius 2 is 2.00 bits per heavy atom. The summed E-state index contributed by atoms with van der Waals surface area (Å²) in [5, 5.41) is 7.31. The number of aryl methyl sites for hydroxylation is 1. The Morgan fingerprint density at radius 1 is 1.31 bits per heavy atom. The molecule has 2 aromatic rings. The molecular formula is C11H12N4S. The maximum absolute atomic E-state index is 5.52. The van der Waals surface area contributed by atoms with E-state index in [1.165, 1.54) is 0 Å². The molecule has 0 bridgehead atoms. The summed E-state index contributed by atoms with van der Waals surface area (Å²) in [5.41, 5.74) is 7.36. The lowest BCUT2D eigenvalue weighted by Crippen LogP contribution is -2.09. The van der Waals surface area contributed by atoms with Gasteiger partial charge in [0.2, 0.25) is 0 Å². The fourth-order valence-electron chi connectivity index (χ4n) is 1.36. The number of hydrogen-bond acceptors (Lipinski definition) is 3. The molecule has 0 unspecified atom stereocenters. The van der Waals surface area contributed by atoms with Gasteiger partial charge in [0, 0.05) is 24.4 Å². The van der Waals surface area contributed by atoms with Crippen molar-refractivity contribution >= 4 is 28.7 Å². The van der Waals surface area contributed by atoms with Crippen LogP contribution < -0.4 is 11.1 Å². The number of benzene rings is 1. The molecule has 0 amide bonds. The van der Waals surface area contributed by atoms with Crippen LogP contribution in [0, 0.1) is 0 Å². The lowest BCUT2D eigenvalue weighted by molar-refractivity contribution is 0.776. The zero-order chi connectivity index (χ0) is 11.5. The molecule has 0 aliphatic heterocycles. The van der Waals surface area contributed by atoms with Crippen molar-refractivity contribution in [2.24, 2.45) is 12.8 Å². The Labute approximate surface area is 99.1 Å². The van der Waals surface area contributed by atoms with Crippen LogP contribution in [0.4, 0.5) is 11.5 Å². The summed E-state index contributed by atoms with van der Waals surface area (Å²) in [4.78, 5) is 0.409. The second-order valence-corrected chi connectivity index (χ2v) is 3.85. The highest BCUT2D eigenvalue weighted by molar-refractivity contribution is 7.80. The van der Waals surface area contributed by atoms with Gasteiger partial charge in [0.25, 0.3) is 0 Å². The van der Waals surface area contributed by atoms with Gasteiger partial charge in [0.05, 0.1) is 6.20 Å². The molecular weight excluding hydrogens is 220 g/mol. The minimum Gasteiger partial charge on any atom is -0.389 e. The molecule has 0 fully saturated rings. The number of anilines is 2. The van der Waals surface area contributed by atoms with Crippen LogP contribution in [0.2, 0.25) is 0 Å². The molecule has 3 N–H and O–H groups in total. The Bertz CT molecular complexity index is 501. The van der Waals surface area contributed by atoms with E-state index in [-0.39, 0.29) is 0 Å². The van der Waals surface area contributed by atoms with Crippen LogP contribution in [0.5, 0.6) is 0 Å². The minimum atomic E-state index is 0.409. The van der Waals surface area contributed by atoms with E-state index in [0.29, 0.717) is 4.99 Å². The Kier molecular flexibility index (Phi) is 2.87. The first-order valence-corrected chi connectivity index (χ1v) is 5.22. The van der Waals surface area contributed by atoms with Gasteiger partial charge in [0.15, 0.2) is 0 Å². The van der Waals surface area contributed by atoms with E-state index in [0.717, 1.165) is 17.1 Å². The summed E-state index contributed by atoms with van der Waals surface area (Å²) in [6.07, 6.45) is 1.74. The molecule has 0 aliphatic carbocycles. The number of thiocarbonyl (C=S) groups is 1. The Morgan fingerprint density at radius 3 is 2.50 bits per heavy atom. The van der Waals surface area contributed by atoms with Crippen molar-refractivity contribution in [2.45, 2.75) is 0 Å². The predicted molar refractivity (Wildman–Crippen MR) is 68.8 cm³/mol. The summed E-state index contributed by atoms with van der Waals surface area (Å²) in [6, 6.07) is 9.55. The van der Waals surface area contributed by atoms with Gasteiger partial charge < -0.3 is 11.1 Å². The van der Waals surface area contributed by atoms with E-state index in [9.17, 15) is 0 Å². The first-order chi connectivity index (χ1) is 7.66. The number of aromatic nitrogens is 2. The highest BCUT2D eigenvalue weighted by Crippen LogP contribution is 2.15. The van der Waals surface area contributed by atoms with Crippen molar-refractivity contribution in [3.63, 3.8) is 0 Å². The van der Waals surface area contributed by atoms with E-state index in [1.54, 1.807) is 10.9 Å². The van der Waals surface area contributed by atoms with Gasteiger partial charge in [-0.25, -0.2) is 0 Å². The molecule has 0 radical (unpaired) electrons. The van der Waals surface area contributed by atoms with E-state index in [2.05, 4.69) is 10.4 Å². The lowest BCUT2D eigenvalue weighted by Gasteiger charge is -2.06. The second kappa shape index (κ2) is 4.32. The average Bonchev–Trinajstić information content (AvgIpc) is 2.65. The highest BCUT2D eigenvalue weighted by atomic mass is 32.1. The lowest BCUT2D eigenvalue weighted by atomic mass is 10.2. The third kappa shape index (κ3) is 2.20. The minimum absolute atomic E-state index is 0.409. The number of hydrogen-bond donors (Lipinski definition) is 2. The van der Waals surface area contributed by atoms with E-state index in [4.69, 9.17) is 18.0 Å². The van der Waals surface area contributed by atoms with Crippen molar-refractivity contribution < 1.29 is 0 Å². The van der Waals surface area contributed by atoms with Crippen LogP contribution in [0.15, 0.2) is 36.5 Å². The quantitative estimate of drug-likeness (QED) is 0.792. The number of nitrogens with zero attached hydrogens (tertiary/aromatic N) is 2. The molecule has 1 aromatic heterocycles. The third-order valence-electron chi connectivity index (χ3n) is 2.26. The number of nitrogens with two attached hydrogens (primary N) is 1. The fraction of sp³-hybridized carbons (Fsp3) is 0.0909. The summed E-state index contributed by atoms with van der Waals surface area (Å²) < 4.78 is 1.77. The van der Waals surface area contributed by atoms with Crippen molar-refractivity contribution in [3.8, 4) is 0 Å². The maximum atomic E-state index is 5.52. The predicted octanol–water partition coefficient (Wildman–Crippen LogP) is 1.80. The standard InChI is InChI=1S/C11H12N4S/c1-15-10(6-7-13-15)14-9-4-2-8(3-5-9)11(12)16/h2-7,14H,1H3,(H2,12,16). The van der Waals surface area contributed by atoms with Crippen LogP contribution in [0.25, 0.3) is 0 Å². The zero-order valence-corrected chi connectivity index (χ0v) is 9.66. The van der Waals surface area contributed by atoms with Gasteiger partial charge in [-0.3, -0.25) is 4.68 Å².